The molecule has 3 aliphatic rings. The number of ether oxygens (including phenoxy) is 1. The normalized spacial score (nSPS) is 17.5. The Labute approximate surface area is 250 Å². The van der Waals surface area contributed by atoms with E-state index in [0.717, 1.165) is 22.6 Å². The molecular weight excluding hydrogens is 520 g/mol. The van der Waals surface area contributed by atoms with Gasteiger partial charge in [0, 0.05) is 28.3 Å². The number of fused-ring (bicyclic) bond motifs is 11. The van der Waals surface area contributed by atoms with Crippen molar-refractivity contribution in [1.82, 2.24) is 0 Å². The van der Waals surface area contributed by atoms with E-state index in [4.69, 9.17) is 4.74 Å². The highest BCUT2D eigenvalue weighted by Gasteiger charge is 2.35. The van der Waals surface area contributed by atoms with Crippen molar-refractivity contribution in [3.63, 3.8) is 0 Å². The average molecular weight is 547 g/mol. The summed E-state index contributed by atoms with van der Waals surface area (Å²) in [4.78, 5) is 0. The zero-order valence-electron chi connectivity index (χ0n) is 23.4. The van der Waals surface area contributed by atoms with Gasteiger partial charge in [0.25, 0.3) is 0 Å². The molecule has 0 saturated heterocycles. The van der Waals surface area contributed by atoms with Gasteiger partial charge in [-0.2, -0.15) is 0 Å². The first-order chi connectivity index (χ1) is 21.3. The van der Waals surface area contributed by atoms with Crippen LogP contribution in [0.15, 0.2) is 140 Å². The highest BCUT2D eigenvalue weighted by molar-refractivity contribution is 6.16. The van der Waals surface area contributed by atoms with Gasteiger partial charge in [-0.05, 0) is 66.4 Å². The topological polar surface area (TPSA) is 9.23 Å². The minimum Gasteiger partial charge on any atom is -0.455 e. The van der Waals surface area contributed by atoms with Crippen molar-refractivity contribution in [1.29, 1.82) is 0 Å². The van der Waals surface area contributed by atoms with Crippen LogP contribution in [0.4, 0.5) is 0 Å². The average Bonchev–Trinajstić information content (AvgIpc) is 3.07. The molecule has 0 spiro atoms. The van der Waals surface area contributed by atoms with Crippen molar-refractivity contribution in [3.05, 3.63) is 167 Å². The van der Waals surface area contributed by atoms with E-state index >= 15 is 0 Å². The van der Waals surface area contributed by atoms with Crippen LogP contribution in [-0.2, 0) is 0 Å². The number of allylic oxidation sites excluding steroid dienone is 2. The highest BCUT2D eigenvalue weighted by atomic mass is 16.5. The van der Waals surface area contributed by atoms with Crippen molar-refractivity contribution >= 4 is 44.0 Å². The fourth-order valence-electron chi connectivity index (χ4n) is 7.94. The quantitative estimate of drug-likeness (QED) is 0.186. The van der Waals surface area contributed by atoms with Crippen molar-refractivity contribution in [2.45, 2.75) is 11.8 Å². The Morgan fingerprint density at radius 2 is 1.21 bits per heavy atom. The molecule has 7 aromatic carbocycles. The van der Waals surface area contributed by atoms with Crippen LogP contribution in [0.2, 0.25) is 0 Å². The summed E-state index contributed by atoms with van der Waals surface area (Å²) in [7, 11) is 0. The van der Waals surface area contributed by atoms with Crippen LogP contribution >= 0.6 is 0 Å². The van der Waals surface area contributed by atoms with Gasteiger partial charge in [-0.3, -0.25) is 0 Å². The second-order valence-corrected chi connectivity index (χ2v) is 12.0. The number of para-hydroxylation sites is 1. The van der Waals surface area contributed by atoms with Crippen LogP contribution in [0.1, 0.15) is 39.7 Å². The zero-order valence-corrected chi connectivity index (χ0v) is 23.4. The molecule has 7 aromatic rings. The molecule has 10 rings (SSSR count). The first-order valence-corrected chi connectivity index (χ1v) is 15.1. The first-order valence-electron chi connectivity index (χ1n) is 15.1. The largest absolute Gasteiger partial charge is 0.455 e. The minimum absolute atomic E-state index is 0.244. The van der Waals surface area contributed by atoms with E-state index in [0.29, 0.717) is 5.92 Å². The van der Waals surface area contributed by atoms with Crippen LogP contribution in [-0.4, -0.2) is 0 Å². The molecule has 200 valence electrons. The molecule has 0 fully saturated rings. The lowest BCUT2D eigenvalue weighted by Gasteiger charge is -2.35. The molecule has 0 bridgehead atoms. The molecule has 1 heterocycles. The zero-order chi connectivity index (χ0) is 28.1. The fourth-order valence-corrected chi connectivity index (χ4v) is 7.94. The molecule has 0 N–H and O–H groups in total. The van der Waals surface area contributed by atoms with Gasteiger partial charge in [-0.15, -0.1) is 0 Å². The lowest BCUT2D eigenvalue weighted by atomic mass is 9.68. The van der Waals surface area contributed by atoms with Crippen LogP contribution in [0.3, 0.4) is 0 Å². The van der Waals surface area contributed by atoms with Gasteiger partial charge < -0.3 is 4.74 Å². The van der Waals surface area contributed by atoms with E-state index in [1.54, 1.807) is 0 Å². The number of rotatable bonds is 1. The minimum atomic E-state index is 0.244. The molecule has 0 amide bonds. The maximum Gasteiger partial charge on any atom is 0.143 e. The van der Waals surface area contributed by atoms with Crippen LogP contribution in [0.25, 0.3) is 55.1 Å². The second-order valence-electron chi connectivity index (χ2n) is 12.0. The number of hydrogen-bond acceptors (Lipinski definition) is 1. The second kappa shape index (κ2) is 8.56. The number of hydrogen-bond donors (Lipinski definition) is 0. The van der Waals surface area contributed by atoms with Gasteiger partial charge in [-0.1, -0.05) is 140 Å². The van der Waals surface area contributed by atoms with E-state index < -0.39 is 0 Å². The molecule has 1 aliphatic heterocycles. The predicted molar refractivity (Wildman–Crippen MR) is 179 cm³/mol. The fraction of sp³-hybridized carbons (Fsp3) is 0.0476. The lowest BCUT2D eigenvalue weighted by molar-refractivity contribution is 0.486. The molecule has 1 nitrogen and oxygen atoms in total. The van der Waals surface area contributed by atoms with Crippen molar-refractivity contribution in [2.75, 3.05) is 0 Å². The van der Waals surface area contributed by atoms with Gasteiger partial charge in [0.05, 0.1) is 0 Å². The summed E-state index contributed by atoms with van der Waals surface area (Å²) in [6.45, 7) is 0. The van der Waals surface area contributed by atoms with E-state index in [1.807, 2.05) is 0 Å². The summed E-state index contributed by atoms with van der Waals surface area (Å²) in [5, 5.41) is 7.51. The summed E-state index contributed by atoms with van der Waals surface area (Å²) < 4.78 is 6.97. The first kappa shape index (κ1) is 23.2. The molecule has 43 heavy (non-hydrogen) atoms. The van der Waals surface area contributed by atoms with Gasteiger partial charge in [0.2, 0.25) is 0 Å². The van der Waals surface area contributed by atoms with E-state index in [-0.39, 0.29) is 5.92 Å². The third-order valence-electron chi connectivity index (χ3n) is 9.83. The van der Waals surface area contributed by atoms with Crippen LogP contribution in [0.5, 0.6) is 11.5 Å². The third-order valence-corrected chi connectivity index (χ3v) is 9.83. The maximum atomic E-state index is 6.97. The Kier molecular flexibility index (Phi) is 4.62. The van der Waals surface area contributed by atoms with E-state index in [2.05, 4.69) is 146 Å². The Hall–Kier alpha value is -5.40. The third kappa shape index (κ3) is 3.17. The summed E-state index contributed by atoms with van der Waals surface area (Å²) in [5.74, 6) is 2.43. The lowest BCUT2D eigenvalue weighted by Crippen LogP contribution is -2.18. The molecule has 0 aromatic heterocycles. The van der Waals surface area contributed by atoms with Gasteiger partial charge in [-0.25, -0.2) is 0 Å². The summed E-state index contributed by atoms with van der Waals surface area (Å²) in [5.41, 5.74) is 10.2. The summed E-state index contributed by atoms with van der Waals surface area (Å²) in [6.07, 6.45) is 7.29. The highest BCUT2D eigenvalue weighted by Crippen LogP contribution is 2.55. The molecule has 0 saturated carbocycles. The van der Waals surface area contributed by atoms with Gasteiger partial charge in [0.1, 0.15) is 11.5 Å². The Morgan fingerprint density at radius 3 is 2.16 bits per heavy atom. The SMILES string of the molecule is C1=CC2c3ccccc3C(c3cccc4c3Oc3cc5ccccc5c5cccc-4c35)=CC2c2ccc3ccccc3c21. The summed E-state index contributed by atoms with van der Waals surface area (Å²) >= 11 is 0. The van der Waals surface area contributed by atoms with Gasteiger partial charge >= 0.3 is 0 Å². The van der Waals surface area contributed by atoms with Crippen molar-refractivity contribution < 1.29 is 4.74 Å². The van der Waals surface area contributed by atoms with Gasteiger partial charge in [0.15, 0.2) is 0 Å². The van der Waals surface area contributed by atoms with E-state index in [1.165, 1.54) is 65.7 Å². The molecule has 2 aliphatic carbocycles. The van der Waals surface area contributed by atoms with E-state index in [9.17, 15) is 0 Å². The molecular formula is C42H26O. The Balaban J connectivity index is 1.22. The summed E-state index contributed by atoms with van der Waals surface area (Å²) in [6, 6.07) is 46.5. The van der Waals surface area contributed by atoms with Crippen LogP contribution < -0.4 is 4.74 Å². The monoisotopic (exact) mass is 546 g/mol. The Bertz CT molecular complexity index is 2390. The van der Waals surface area contributed by atoms with Crippen molar-refractivity contribution in [3.8, 4) is 22.6 Å². The standard InChI is InChI=1S/C42H26O/c1-3-11-27-25(9-1)19-20-32-31(27)21-22-33-29-13-5-6-14-30(29)39(24-38(32)33)37-18-8-17-36-35-16-7-15-34-28-12-4-2-10-26(28)23-40(41(34)35)43-42(36)37/h1-24,33,38H. The Morgan fingerprint density at radius 1 is 0.488 bits per heavy atom. The smallest absolute Gasteiger partial charge is 0.143 e. The predicted octanol–water partition coefficient (Wildman–Crippen LogP) is 11.3. The molecule has 0 radical (unpaired) electrons. The number of benzene rings is 7. The molecule has 2 atom stereocenters. The maximum absolute atomic E-state index is 6.97. The molecule has 2 unspecified atom stereocenters. The van der Waals surface area contributed by atoms with Crippen molar-refractivity contribution in [2.24, 2.45) is 0 Å². The molecule has 1 heteroatoms. The van der Waals surface area contributed by atoms with Crippen LogP contribution in [0, 0.1) is 0 Å².